The Labute approximate surface area is 168 Å². The van der Waals surface area contributed by atoms with Crippen LogP contribution in [0.25, 0.3) is 0 Å². The smallest absolute Gasteiger partial charge is 0.320 e. The molecule has 3 atom stereocenters. The Balaban J connectivity index is 1.20. The number of amides is 2. The van der Waals surface area contributed by atoms with E-state index in [-0.39, 0.29) is 6.03 Å². The fraction of sp³-hybridized carbons (Fsp3) is 0.941. The van der Waals surface area contributed by atoms with Gasteiger partial charge < -0.3 is 24.0 Å². The van der Waals surface area contributed by atoms with Crippen LogP contribution in [0.4, 0.5) is 4.79 Å². The first-order valence-electron chi connectivity index (χ1n) is 9.43. The van der Waals surface area contributed by atoms with E-state index in [1.54, 1.807) is 0 Å². The van der Waals surface area contributed by atoms with Crippen molar-refractivity contribution in [1.29, 1.82) is 0 Å². The average molecular weight is 421 g/mol. The fourth-order valence-corrected chi connectivity index (χ4v) is 6.37. The molecule has 4 aliphatic rings. The van der Waals surface area contributed by atoms with E-state index >= 15 is 0 Å². The molecule has 4 saturated heterocycles. The van der Waals surface area contributed by atoms with E-state index in [4.69, 9.17) is 14.2 Å². The first-order valence-corrected chi connectivity index (χ1v) is 12.9. The van der Waals surface area contributed by atoms with Gasteiger partial charge >= 0.3 is 6.03 Å². The molecule has 148 valence electrons. The van der Waals surface area contributed by atoms with E-state index in [1.165, 1.54) is 0 Å². The molecule has 2 amide bonds. The molecule has 4 fully saturated rings. The van der Waals surface area contributed by atoms with E-state index in [0.29, 0.717) is 24.4 Å². The minimum Gasteiger partial charge on any atom is -0.372 e. The van der Waals surface area contributed by atoms with Crippen LogP contribution in [0.1, 0.15) is 0 Å². The number of epoxide rings is 3. The molecular weight excluding hydrogens is 392 g/mol. The summed E-state index contributed by atoms with van der Waals surface area (Å²) in [5.41, 5.74) is 0. The Morgan fingerprint density at radius 3 is 1.96 bits per heavy atom. The Hall–Kier alpha value is 0.200. The fourth-order valence-electron chi connectivity index (χ4n) is 2.93. The molecule has 0 saturated carbocycles. The molecule has 0 aromatic heterocycles. The summed E-state index contributed by atoms with van der Waals surface area (Å²) in [7, 11) is 0. The highest BCUT2D eigenvalue weighted by Gasteiger charge is 2.34. The van der Waals surface area contributed by atoms with Crippen molar-refractivity contribution in [1.82, 2.24) is 9.80 Å². The van der Waals surface area contributed by atoms with Gasteiger partial charge in [0.25, 0.3) is 0 Å². The van der Waals surface area contributed by atoms with E-state index < -0.39 is 0 Å². The summed E-state index contributed by atoms with van der Waals surface area (Å²) in [4.78, 5) is 17.0. The first kappa shape index (κ1) is 19.5. The molecule has 4 rings (SSSR count). The number of carbonyl (C=O) groups is 1. The SMILES string of the molecule is O=C1N(CCSCC2CO2)CCN1C(CSCC1CO1)CSCC1CO1. The number of carbonyl (C=O) groups excluding carboxylic acids is 1. The Kier molecular flexibility index (Phi) is 7.21. The maximum absolute atomic E-state index is 12.9. The summed E-state index contributed by atoms with van der Waals surface area (Å²) in [5, 5.41) is 0. The van der Waals surface area contributed by atoms with Gasteiger partial charge in [0.05, 0.1) is 44.2 Å². The van der Waals surface area contributed by atoms with Gasteiger partial charge in [0.1, 0.15) is 0 Å². The molecule has 0 aromatic carbocycles. The standard InChI is InChI=1S/C17H28N2O4S3/c20-17-18(3-4-24-10-14-5-21-14)1-2-19(17)13(8-25-11-15-6-22-15)9-26-12-16-7-23-16/h13-16H,1-12H2. The zero-order valence-electron chi connectivity index (χ0n) is 15.0. The quantitative estimate of drug-likeness (QED) is 0.312. The number of hydrogen-bond acceptors (Lipinski definition) is 7. The molecule has 9 heteroatoms. The Bertz CT molecular complexity index is 457. The molecular formula is C17H28N2O4S3. The van der Waals surface area contributed by atoms with Gasteiger partial charge in [-0.25, -0.2) is 4.79 Å². The predicted octanol–water partition coefficient (Wildman–Crippen LogP) is 1.49. The third-order valence-corrected chi connectivity index (χ3v) is 8.35. The molecule has 0 spiro atoms. The van der Waals surface area contributed by atoms with Crippen molar-refractivity contribution < 1.29 is 19.0 Å². The number of hydrogen-bond donors (Lipinski definition) is 0. The highest BCUT2D eigenvalue weighted by atomic mass is 32.2. The van der Waals surface area contributed by atoms with Crippen molar-refractivity contribution in [2.24, 2.45) is 0 Å². The van der Waals surface area contributed by atoms with E-state index in [0.717, 1.165) is 74.0 Å². The minimum atomic E-state index is 0.227. The van der Waals surface area contributed by atoms with Crippen LogP contribution in [0.3, 0.4) is 0 Å². The van der Waals surface area contributed by atoms with Crippen LogP contribution >= 0.6 is 35.3 Å². The first-order chi connectivity index (χ1) is 12.8. The number of ether oxygens (including phenoxy) is 3. The lowest BCUT2D eigenvalue weighted by atomic mass is 10.3. The maximum atomic E-state index is 12.9. The molecule has 26 heavy (non-hydrogen) atoms. The van der Waals surface area contributed by atoms with Gasteiger partial charge in [-0.3, -0.25) is 0 Å². The lowest BCUT2D eigenvalue weighted by Gasteiger charge is -2.27. The highest BCUT2D eigenvalue weighted by Crippen LogP contribution is 2.25. The van der Waals surface area contributed by atoms with Crippen molar-refractivity contribution in [2.45, 2.75) is 24.4 Å². The Morgan fingerprint density at radius 1 is 0.885 bits per heavy atom. The second-order valence-electron chi connectivity index (χ2n) is 7.13. The minimum absolute atomic E-state index is 0.227. The highest BCUT2D eigenvalue weighted by molar-refractivity contribution is 8.00. The van der Waals surface area contributed by atoms with Crippen LogP contribution in [-0.2, 0) is 14.2 Å². The van der Waals surface area contributed by atoms with Crippen molar-refractivity contribution in [3.8, 4) is 0 Å². The lowest BCUT2D eigenvalue weighted by Crippen LogP contribution is -2.43. The zero-order chi connectivity index (χ0) is 17.8. The third kappa shape index (κ3) is 6.38. The molecule has 4 heterocycles. The topological polar surface area (TPSA) is 61.1 Å². The summed E-state index contributed by atoms with van der Waals surface area (Å²) in [5.74, 6) is 6.19. The predicted molar refractivity (Wildman–Crippen MR) is 109 cm³/mol. The lowest BCUT2D eigenvalue weighted by molar-refractivity contribution is 0.186. The van der Waals surface area contributed by atoms with Crippen molar-refractivity contribution >= 4 is 41.3 Å². The molecule has 0 radical (unpaired) electrons. The average Bonchev–Trinajstić information content (AvgIpc) is 3.50. The number of urea groups is 1. The molecule has 0 aromatic rings. The number of nitrogens with zero attached hydrogens (tertiary/aromatic N) is 2. The van der Waals surface area contributed by atoms with Gasteiger partial charge in [0.2, 0.25) is 0 Å². The second kappa shape index (κ2) is 9.60. The van der Waals surface area contributed by atoms with Crippen molar-refractivity contribution in [2.75, 3.05) is 74.0 Å². The Morgan fingerprint density at radius 2 is 1.42 bits per heavy atom. The molecule has 0 bridgehead atoms. The van der Waals surface area contributed by atoms with Gasteiger partial charge in [-0.15, -0.1) is 0 Å². The largest absolute Gasteiger partial charge is 0.372 e. The second-order valence-corrected chi connectivity index (χ2v) is 10.4. The summed E-state index contributed by atoms with van der Waals surface area (Å²) < 4.78 is 15.9. The molecule has 3 unspecified atom stereocenters. The van der Waals surface area contributed by atoms with Crippen LogP contribution < -0.4 is 0 Å². The number of rotatable bonds is 14. The zero-order valence-corrected chi connectivity index (χ0v) is 17.5. The van der Waals surface area contributed by atoms with Gasteiger partial charge in [0, 0.05) is 54.2 Å². The van der Waals surface area contributed by atoms with E-state index in [9.17, 15) is 4.79 Å². The van der Waals surface area contributed by atoms with Crippen LogP contribution in [-0.4, -0.2) is 114 Å². The maximum Gasteiger partial charge on any atom is 0.320 e. The van der Waals surface area contributed by atoms with E-state index in [1.807, 2.05) is 40.2 Å². The molecule has 6 nitrogen and oxygen atoms in total. The van der Waals surface area contributed by atoms with Gasteiger partial charge in [-0.2, -0.15) is 35.3 Å². The molecule has 0 aliphatic carbocycles. The molecule has 0 N–H and O–H groups in total. The van der Waals surface area contributed by atoms with Crippen LogP contribution in [0.15, 0.2) is 0 Å². The summed E-state index contributed by atoms with van der Waals surface area (Å²) >= 11 is 5.75. The third-order valence-electron chi connectivity index (χ3n) is 4.81. The summed E-state index contributed by atoms with van der Waals surface area (Å²) in [6, 6.07) is 0.539. The number of thioether (sulfide) groups is 3. The monoisotopic (exact) mass is 420 g/mol. The normalized spacial score (nSPS) is 30.8. The molecule has 4 aliphatic heterocycles. The van der Waals surface area contributed by atoms with Crippen LogP contribution in [0.5, 0.6) is 0 Å². The van der Waals surface area contributed by atoms with Gasteiger partial charge in [0.15, 0.2) is 0 Å². The van der Waals surface area contributed by atoms with Crippen LogP contribution in [0, 0.1) is 0 Å². The van der Waals surface area contributed by atoms with E-state index in [2.05, 4.69) is 4.90 Å². The van der Waals surface area contributed by atoms with Gasteiger partial charge in [-0.05, 0) is 0 Å². The van der Waals surface area contributed by atoms with Gasteiger partial charge in [-0.1, -0.05) is 0 Å². The summed E-state index contributed by atoms with van der Waals surface area (Å²) in [6.07, 6.45) is 1.37. The summed E-state index contributed by atoms with van der Waals surface area (Å²) in [6.45, 7) is 5.31. The van der Waals surface area contributed by atoms with Crippen LogP contribution in [0.2, 0.25) is 0 Å². The van der Waals surface area contributed by atoms with Crippen molar-refractivity contribution in [3.05, 3.63) is 0 Å². The van der Waals surface area contributed by atoms with Crippen molar-refractivity contribution in [3.63, 3.8) is 0 Å².